The number of benzene rings is 1. The van der Waals surface area contributed by atoms with E-state index in [1.807, 2.05) is 36.7 Å². The highest BCUT2D eigenvalue weighted by Crippen LogP contribution is 2.19. The van der Waals surface area contributed by atoms with Crippen molar-refractivity contribution < 1.29 is 19.1 Å². The highest BCUT2D eigenvalue weighted by molar-refractivity contribution is 7.98. The maximum atomic E-state index is 12.9. The fourth-order valence-electron chi connectivity index (χ4n) is 2.97. The van der Waals surface area contributed by atoms with E-state index in [1.165, 1.54) is 6.92 Å². The van der Waals surface area contributed by atoms with Gasteiger partial charge in [-0.05, 0) is 37.0 Å². The normalized spacial score (nSPS) is 13.0. The minimum Gasteiger partial charge on any atom is -0.464 e. The quantitative estimate of drug-likeness (QED) is 0.525. The van der Waals surface area contributed by atoms with Gasteiger partial charge in [-0.25, -0.2) is 4.79 Å². The van der Waals surface area contributed by atoms with Gasteiger partial charge in [0.2, 0.25) is 11.8 Å². The van der Waals surface area contributed by atoms with Crippen molar-refractivity contribution in [1.82, 2.24) is 15.6 Å². The van der Waals surface area contributed by atoms with Crippen LogP contribution in [0.2, 0.25) is 0 Å². The van der Waals surface area contributed by atoms with E-state index in [9.17, 15) is 14.4 Å². The largest absolute Gasteiger partial charge is 0.464 e. The molecule has 2 amide bonds. The summed E-state index contributed by atoms with van der Waals surface area (Å²) in [5.41, 5.74) is 1.88. The van der Waals surface area contributed by atoms with Crippen LogP contribution in [0.1, 0.15) is 25.8 Å². The van der Waals surface area contributed by atoms with Crippen molar-refractivity contribution in [1.29, 1.82) is 0 Å². The van der Waals surface area contributed by atoms with E-state index >= 15 is 0 Å². The summed E-state index contributed by atoms with van der Waals surface area (Å²) in [6.45, 7) is 3.34. The van der Waals surface area contributed by atoms with Crippen LogP contribution in [-0.2, 0) is 25.5 Å². The number of aromatic nitrogens is 1. The highest BCUT2D eigenvalue weighted by atomic mass is 32.2. The first-order chi connectivity index (χ1) is 13.5. The van der Waals surface area contributed by atoms with Gasteiger partial charge in [-0.2, -0.15) is 11.8 Å². The number of ether oxygens (including phenoxy) is 1. The Balaban J connectivity index is 2.16. The zero-order valence-corrected chi connectivity index (χ0v) is 17.2. The minimum absolute atomic E-state index is 0.245. The monoisotopic (exact) mass is 405 g/mol. The molecule has 0 aliphatic heterocycles. The number of aromatic amines is 1. The van der Waals surface area contributed by atoms with Gasteiger partial charge in [0.1, 0.15) is 12.1 Å². The fourth-order valence-corrected chi connectivity index (χ4v) is 3.45. The number of amides is 2. The van der Waals surface area contributed by atoms with Gasteiger partial charge in [0.15, 0.2) is 0 Å². The summed E-state index contributed by atoms with van der Waals surface area (Å²) in [5.74, 6) is -0.466. The number of esters is 1. The molecular weight excluding hydrogens is 378 g/mol. The number of hydrogen-bond donors (Lipinski definition) is 3. The van der Waals surface area contributed by atoms with Crippen molar-refractivity contribution in [3.8, 4) is 0 Å². The third-order valence-electron chi connectivity index (χ3n) is 4.29. The summed E-state index contributed by atoms with van der Waals surface area (Å²) in [4.78, 5) is 39.9. The van der Waals surface area contributed by atoms with Crippen molar-refractivity contribution >= 4 is 40.4 Å². The Morgan fingerprint density at radius 3 is 2.61 bits per heavy atom. The second-order valence-electron chi connectivity index (χ2n) is 6.41. The van der Waals surface area contributed by atoms with E-state index in [4.69, 9.17) is 4.74 Å². The smallest absolute Gasteiger partial charge is 0.328 e. The van der Waals surface area contributed by atoms with Gasteiger partial charge in [-0.15, -0.1) is 0 Å². The van der Waals surface area contributed by atoms with Gasteiger partial charge < -0.3 is 20.4 Å². The summed E-state index contributed by atoms with van der Waals surface area (Å²) in [7, 11) is 0. The van der Waals surface area contributed by atoms with Gasteiger partial charge in [0.05, 0.1) is 6.61 Å². The molecule has 0 aliphatic rings. The molecule has 0 radical (unpaired) electrons. The third kappa shape index (κ3) is 6.02. The molecule has 2 atom stereocenters. The van der Waals surface area contributed by atoms with Gasteiger partial charge in [-0.1, -0.05) is 18.2 Å². The van der Waals surface area contributed by atoms with Crippen LogP contribution >= 0.6 is 11.8 Å². The number of hydrogen-bond acceptors (Lipinski definition) is 5. The summed E-state index contributed by atoms with van der Waals surface area (Å²) >= 11 is 1.58. The van der Waals surface area contributed by atoms with Crippen LogP contribution < -0.4 is 10.6 Å². The molecule has 0 fully saturated rings. The lowest BCUT2D eigenvalue weighted by Gasteiger charge is -2.22. The van der Waals surface area contributed by atoms with E-state index in [0.717, 1.165) is 16.5 Å². The second-order valence-corrected chi connectivity index (χ2v) is 7.40. The predicted octanol–water partition coefficient (Wildman–Crippen LogP) is 2.02. The van der Waals surface area contributed by atoms with E-state index in [-0.39, 0.29) is 12.5 Å². The second kappa shape index (κ2) is 10.8. The molecule has 2 aromatic rings. The van der Waals surface area contributed by atoms with Gasteiger partial charge in [0, 0.05) is 30.4 Å². The van der Waals surface area contributed by atoms with E-state index in [1.54, 1.807) is 18.7 Å². The third-order valence-corrected chi connectivity index (χ3v) is 4.94. The molecule has 0 saturated heterocycles. The number of para-hydroxylation sites is 1. The van der Waals surface area contributed by atoms with Crippen LogP contribution in [0, 0.1) is 0 Å². The lowest BCUT2D eigenvalue weighted by molar-refractivity contribution is -0.147. The van der Waals surface area contributed by atoms with Crippen molar-refractivity contribution in [2.24, 2.45) is 0 Å². The van der Waals surface area contributed by atoms with Crippen LogP contribution in [0.4, 0.5) is 0 Å². The standard InChI is InChI=1S/C20H27N3O4S/c1-4-27-20(26)17(9-10-28-3)23-19(25)18(22-13(2)24)11-14-12-21-16-8-6-5-7-15(14)16/h5-8,12,17-18,21H,4,9-11H2,1-3H3,(H,22,24)(H,23,25). The first-order valence-electron chi connectivity index (χ1n) is 9.24. The van der Waals surface area contributed by atoms with Crippen LogP contribution in [0.5, 0.6) is 0 Å². The molecule has 1 aromatic heterocycles. The Morgan fingerprint density at radius 1 is 1.18 bits per heavy atom. The first-order valence-corrected chi connectivity index (χ1v) is 10.6. The van der Waals surface area contributed by atoms with Crippen LogP contribution in [-0.4, -0.2) is 53.5 Å². The summed E-state index contributed by atoms with van der Waals surface area (Å²) in [5, 5.41) is 6.44. The van der Waals surface area contributed by atoms with Crippen LogP contribution in [0.3, 0.4) is 0 Å². The molecule has 152 valence electrons. The van der Waals surface area contributed by atoms with E-state index in [0.29, 0.717) is 18.6 Å². The molecule has 1 heterocycles. The number of carbonyl (C=O) groups is 3. The Bertz CT molecular complexity index is 821. The van der Waals surface area contributed by atoms with Crippen molar-refractivity contribution in [2.75, 3.05) is 18.6 Å². The summed E-state index contributed by atoms with van der Waals surface area (Å²) < 4.78 is 5.07. The van der Waals surface area contributed by atoms with Gasteiger partial charge in [-0.3, -0.25) is 9.59 Å². The molecular formula is C20H27N3O4S. The summed E-state index contributed by atoms with van der Waals surface area (Å²) in [6.07, 6.45) is 4.55. The molecule has 8 heteroatoms. The number of rotatable bonds is 10. The van der Waals surface area contributed by atoms with Gasteiger partial charge in [0.25, 0.3) is 0 Å². The Morgan fingerprint density at radius 2 is 1.93 bits per heavy atom. The van der Waals surface area contributed by atoms with Gasteiger partial charge >= 0.3 is 5.97 Å². The number of fused-ring (bicyclic) bond motifs is 1. The SMILES string of the molecule is CCOC(=O)C(CCSC)NC(=O)C(Cc1c[nH]c2ccccc12)NC(C)=O. The number of H-pyrrole nitrogens is 1. The van der Waals surface area contributed by atoms with Crippen LogP contribution in [0.15, 0.2) is 30.5 Å². The number of carbonyl (C=O) groups excluding carboxylic acids is 3. The van der Waals surface area contributed by atoms with E-state index < -0.39 is 24.0 Å². The topological polar surface area (TPSA) is 100 Å². The van der Waals surface area contributed by atoms with Crippen molar-refractivity contribution in [3.05, 3.63) is 36.0 Å². The zero-order chi connectivity index (χ0) is 20.5. The van der Waals surface area contributed by atoms with E-state index in [2.05, 4.69) is 15.6 Å². The van der Waals surface area contributed by atoms with Crippen LogP contribution in [0.25, 0.3) is 10.9 Å². The molecule has 7 nitrogen and oxygen atoms in total. The average Bonchev–Trinajstić information content (AvgIpc) is 3.07. The lowest BCUT2D eigenvalue weighted by atomic mass is 10.0. The first kappa shape index (κ1) is 21.8. The summed E-state index contributed by atoms with van der Waals surface area (Å²) in [6, 6.07) is 6.24. The minimum atomic E-state index is -0.789. The Hall–Kier alpha value is -2.48. The van der Waals surface area contributed by atoms with Crippen molar-refractivity contribution in [2.45, 2.75) is 38.8 Å². The molecule has 2 rings (SSSR count). The molecule has 3 N–H and O–H groups in total. The molecule has 1 aromatic carbocycles. The average molecular weight is 406 g/mol. The molecule has 0 bridgehead atoms. The predicted molar refractivity (Wildman–Crippen MR) is 111 cm³/mol. The number of thioether (sulfide) groups is 1. The molecule has 0 spiro atoms. The Labute approximate surface area is 169 Å². The molecule has 2 unspecified atom stereocenters. The van der Waals surface area contributed by atoms with Crippen molar-refractivity contribution in [3.63, 3.8) is 0 Å². The lowest BCUT2D eigenvalue weighted by Crippen LogP contribution is -2.52. The number of nitrogens with one attached hydrogen (secondary N) is 3. The molecule has 0 aliphatic carbocycles. The Kier molecular flexibility index (Phi) is 8.38. The molecule has 0 saturated carbocycles. The fraction of sp³-hybridized carbons (Fsp3) is 0.450. The highest BCUT2D eigenvalue weighted by Gasteiger charge is 2.27. The maximum Gasteiger partial charge on any atom is 0.328 e. The maximum absolute atomic E-state index is 12.9. The zero-order valence-electron chi connectivity index (χ0n) is 16.4. The molecule has 28 heavy (non-hydrogen) atoms.